The number of hydrogen-bond acceptors (Lipinski definition) is 5. The average molecular weight is 421 g/mol. The molecule has 2 atom stereocenters. The van der Waals surface area contributed by atoms with Crippen LogP contribution in [0.15, 0.2) is 0 Å². The standard InChI is InChI=1S/C12H25INO5P/c1-6-9-18-20(16,17-5)14(13)10(4)12(15)19-11(7-2)8-3/h10-11H,6-9H2,1-5H3. The molecule has 0 aromatic heterocycles. The van der Waals surface area contributed by atoms with Gasteiger partial charge in [-0.05, 0) is 26.2 Å². The van der Waals surface area contributed by atoms with Gasteiger partial charge in [0.25, 0.3) is 0 Å². The molecule has 120 valence electrons. The monoisotopic (exact) mass is 421 g/mol. The molecular formula is C12H25INO5P. The van der Waals surface area contributed by atoms with Crippen molar-refractivity contribution in [2.75, 3.05) is 13.7 Å². The summed E-state index contributed by atoms with van der Waals surface area (Å²) in [4.78, 5) is 12.0. The Bertz CT molecular complexity index is 338. The molecule has 0 spiro atoms. The van der Waals surface area contributed by atoms with Gasteiger partial charge in [-0.2, -0.15) is 0 Å². The number of esters is 1. The van der Waals surface area contributed by atoms with Crippen molar-refractivity contribution in [2.24, 2.45) is 0 Å². The van der Waals surface area contributed by atoms with Crippen molar-refractivity contribution in [2.45, 2.75) is 59.1 Å². The van der Waals surface area contributed by atoms with Crippen LogP contribution in [0.2, 0.25) is 0 Å². The fourth-order valence-electron chi connectivity index (χ4n) is 1.41. The van der Waals surface area contributed by atoms with Gasteiger partial charge in [0.05, 0.1) is 6.61 Å². The predicted octanol–water partition coefficient (Wildman–Crippen LogP) is 3.94. The van der Waals surface area contributed by atoms with E-state index in [-0.39, 0.29) is 6.10 Å². The quantitative estimate of drug-likeness (QED) is 0.231. The molecule has 0 radical (unpaired) electrons. The number of ether oxygens (including phenoxy) is 1. The second-order valence-electron chi connectivity index (χ2n) is 4.32. The van der Waals surface area contributed by atoms with Crippen LogP contribution in [0.4, 0.5) is 0 Å². The molecule has 0 amide bonds. The van der Waals surface area contributed by atoms with Crippen LogP contribution >= 0.6 is 30.6 Å². The Morgan fingerprint density at radius 3 is 2.25 bits per heavy atom. The molecule has 2 unspecified atom stereocenters. The summed E-state index contributed by atoms with van der Waals surface area (Å²) >= 11 is 1.79. The minimum atomic E-state index is -3.46. The summed E-state index contributed by atoms with van der Waals surface area (Å²) < 4.78 is 29.4. The summed E-state index contributed by atoms with van der Waals surface area (Å²) in [6, 6.07) is -0.709. The number of rotatable bonds is 10. The maximum atomic E-state index is 12.5. The first-order chi connectivity index (χ1) is 9.36. The van der Waals surface area contributed by atoms with Crippen molar-refractivity contribution < 1.29 is 23.1 Å². The Hall–Kier alpha value is 0.310. The fourth-order valence-corrected chi connectivity index (χ4v) is 3.84. The molecule has 0 bridgehead atoms. The lowest BCUT2D eigenvalue weighted by Gasteiger charge is -2.28. The zero-order valence-electron chi connectivity index (χ0n) is 12.8. The first-order valence-corrected chi connectivity index (χ1v) is 9.28. The Morgan fingerprint density at radius 1 is 1.30 bits per heavy atom. The molecule has 0 saturated carbocycles. The zero-order chi connectivity index (χ0) is 15.8. The number of hydrogen-bond donors (Lipinski definition) is 0. The van der Waals surface area contributed by atoms with Crippen molar-refractivity contribution in [1.82, 2.24) is 2.88 Å². The van der Waals surface area contributed by atoms with Crippen molar-refractivity contribution in [3.8, 4) is 0 Å². The minimum absolute atomic E-state index is 0.117. The number of halogens is 1. The molecule has 0 aliphatic rings. The maximum Gasteiger partial charge on any atom is 0.417 e. The third kappa shape index (κ3) is 5.97. The molecule has 0 aromatic carbocycles. The van der Waals surface area contributed by atoms with Crippen LogP contribution in [0.1, 0.15) is 47.0 Å². The van der Waals surface area contributed by atoms with E-state index in [0.29, 0.717) is 13.0 Å². The van der Waals surface area contributed by atoms with Crippen LogP contribution in [0.5, 0.6) is 0 Å². The first-order valence-electron chi connectivity index (χ1n) is 6.82. The number of nitrogens with zero attached hydrogens (tertiary/aromatic N) is 1. The third-order valence-corrected chi connectivity index (χ3v) is 6.98. The molecule has 8 heteroatoms. The molecule has 0 heterocycles. The second kappa shape index (κ2) is 10.1. The molecule has 0 rings (SSSR count). The average Bonchev–Trinajstić information content (AvgIpc) is 2.48. The molecule has 0 aliphatic carbocycles. The third-order valence-electron chi connectivity index (χ3n) is 2.78. The lowest BCUT2D eigenvalue weighted by molar-refractivity contribution is -0.152. The van der Waals surface area contributed by atoms with Crippen LogP contribution in [0, 0.1) is 0 Å². The van der Waals surface area contributed by atoms with Crippen molar-refractivity contribution >= 4 is 36.6 Å². The molecule has 0 aliphatic heterocycles. The normalized spacial score (nSPS) is 16.2. The van der Waals surface area contributed by atoms with E-state index in [0.717, 1.165) is 12.8 Å². The summed E-state index contributed by atoms with van der Waals surface area (Å²) in [5.74, 6) is -0.425. The first kappa shape index (κ1) is 20.3. The lowest BCUT2D eigenvalue weighted by atomic mass is 10.2. The molecule has 0 fully saturated rings. The van der Waals surface area contributed by atoms with E-state index in [1.54, 1.807) is 29.8 Å². The van der Waals surface area contributed by atoms with E-state index in [1.807, 2.05) is 20.8 Å². The molecule has 6 nitrogen and oxygen atoms in total. The lowest BCUT2D eigenvalue weighted by Crippen LogP contribution is -2.34. The highest BCUT2D eigenvalue weighted by molar-refractivity contribution is 14.1. The van der Waals surface area contributed by atoms with E-state index >= 15 is 0 Å². The highest BCUT2D eigenvalue weighted by Crippen LogP contribution is 2.55. The van der Waals surface area contributed by atoms with Gasteiger partial charge >= 0.3 is 13.7 Å². The van der Waals surface area contributed by atoms with Gasteiger partial charge in [0.2, 0.25) is 0 Å². The Labute approximate surface area is 135 Å². The topological polar surface area (TPSA) is 65.1 Å². The zero-order valence-corrected chi connectivity index (χ0v) is 15.8. The van der Waals surface area contributed by atoms with E-state index in [1.165, 1.54) is 9.99 Å². The predicted molar refractivity (Wildman–Crippen MR) is 86.6 cm³/mol. The summed E-state index contributed by atoms with van der Waals surface area (Å²) in [7, 11) is -2.15. The van der Waals surface area contributed by atoms with Crippen molar-refractivity contribution in [3.05, 3.63) is 0 Å². The molecular weight excluding hydrogens is 396 g/mol. The fraction of sp³-hybridized carbons (Fsp3) is 0.917. The smallest absolute Gasteiger partial charge is 0.417 e. The molecule has 0 aromatic rings. The summed E-state index contributed by atoms with van der Waals surface area (Å²) in [5.41, 5.74) is 0. The van der Waals surface area contributed by atoms with Gasteiger partial charge in [-0.15, -0.1) is 2.88 Å². The second-order valence-corrected chi connectivity index (χ2v) is 8.12. The summed E-state index contributed by atoms with van der Waals surface area (Å²) in [6.07, 6.45) is 2.10. The SMILES string of the molecule is CCCOP(=O)(OC)N(I)C(C)C(=O)OC(CC)CC. The molecule has 0 N–H and O–H groups in total. The van der Waals surface area contributed by atoms with Gasteiger partial charge in [-0.1, -0.05) is 20.8 Å². The highest BCUT2D eigenvalue weighted by Gasteiger charge is 2.38. The van der Waals surface area contributed by atoms with E-state index in [2.05, 4.69) is 0 Å². The van der Waals surface area contributed by atoms with Crippen LogP contribution < -0.4 is 0 Å². The summed E-state index contributed by atoms with van der Waals surface area (Å²) in [5, 5.41) is 0. The summed E-state index contributed by atoms with van der Waals surface area (Å²) in [6.45, 7) is 7.75. The Balaban J connectivity index is 4.76. The van der Waals surface area contributed by atoms with Gasteiger partial charge in [-0.25, -0.2) is 4.57 Å². The number of carbonyl (C=O) groups excluding carboxylic acids is 1. The molecule has 0 saturated heterocycles. The van der Waals surface area contributed by atoms with Crippen molar-refractivity contribution in [3.63, 3.8) is 0 Å². The van der Waals surface area contributed by atoms with Crippen LogP contribution in [0.3, 0.4) is 0 Å². The van der Waals surface area contributed by atoms with Gasteiger partial charge in [-0.3, -0.25) is 13.8 Å². The van der Waals surface area contributed by atoms with Crippen molar-refractivity contribution in [1.29, 1.82) is 0 Å². The van der Waals surface area contributed by atoms with Crippen LogP contribution in [-0.2, 0) is 23.1 Å². The largest absolute Gasteiger partial charge is 0.461 e. The van der Waals surface area contributed by atoms with E-state index < -0.39 is 19.8 Å². The highest BCUT2D eigenvalue weighted by atomic mass is 127. The van der Waals surface area contributed by atoms with Gasteiger partial charge in [0.1, 0.15) is 12.1 Å². The van der Waals surface area contributed by atoms with Gasteiger partial charge in [0, 0.05) is 30.0 Å². The minimum Gasteiger partial charge on any atom is -0.461 e. The van der Waals surface area contributed by atoms with Gasteiger partial charge < -0.3 is 4.74 Å². The Morgan fingerprint density at radius 2 is 1.85 bits per heavy atom. The Kier molecular flexibility index (Phi) is 10.3. The number of carbonyl (C=O) groups is 1. The maximum absolute atomic E-state index is 12.5. The van der Waals surface area contributed by atoms with Crippen LogP contribution in [-0.4, -0.2) is 34.7 Å². The molecule has 20 heavy (non-hydrogen) atoms. The van der Waals surface area contributed by atoms with E-state index in [9.17, 15) is 9.36 Å². The van der Waals surface area contributed by atoms with E-state index in [4.69, 9.17) is 13.8 Å². The van der Waals surface area contributed by atoms with Gasteiger partial charge in [0.15, 0.2) is 0 Å². The van der Waals surface area contributed by atoms with Crippen LogP contribution in [0.25, 0.3) is 0 Å².